The van der Waals surface area contributed by atoms with Gasteiger partial charge in [-0.05, 0) is 60.6 Å². The van der Waals surface area contributed by atoms with Gasteiger partial charge in [-0.3, -0.25) is 4.99 Å². The molecule has 4 rings (SSSR count). The van der Waals surface area contributed by atoms with Gasteiger partial charge in [0.1, 0.15) is 0 Å². The van der Waals surface area contributed by atoms with Gasteiger partial charge in [-0.1, -0.05) is 58.5 Å². The Labute approximate surface area is 186 Å². The van der Waals surface area contributed by atoms with Crippen molar-refractivity contribution < 1.29 is 0 Å². The highest BCUT2D eigenvalue weighted by molar-refractivity contribution is 7.15. The zero-order chi connectivity index (χ0) is 21.7. The molecule has 0 amide bonds. The van der Waals surface area contributed by atoms with Crippen LogP contribution in [0.5, 0.6) is 0 Å². The molecular weight excluding hydrogens is 386 g/mol. The summed E-state index contributed by atoms with van der Waals surface area (Å²) in [5.74, 6) is 0.679. The smallest absolute Gasteiger partial charge is 0.187 e. The van der Waals surface area contributed by atoms with Crippen LogP contribution < -0.4 is 5.32 Å². The number of aromatic nitrogens is 1. The van der Waals surface area contributed by atoms with Crippen molar-refractivity contribution in [2.45, 2.75) is 66.7 Å². The first-order chi connectivity index (χ1) is 14.2. The van der Waals surface area contributed by atoms with Crippen LogP contribution in [0.4, 0.5) is 5.13 Å². The van der Waals surface area contributed by atoms with Crippen molar-refractivity contribution in [3.8, 4) is 0 Å². The van der Waals surface area contributed by atoms with E-state index in [1.807, 2.05) is 12.4 Å². The lowest BCUT2D eigenvalue weighted by atomic mass is 9.85. The van der Waals surface area contributed by atoms with Gasteiger partial charge in [-0.15, -0.1) is 11.3 Å². The summed E-state index contributed by atoms with van der Waals surface area (Å²) >= 11 is 1.68. The van der Waals surface area contributed by atoms with Crippen molar-refractivity contribution in [1.82, 2.24) is 4.98 Å². The van der Waals surface area contributed by atoms with Gasteiger partial charge in [0, 0.05) is 35.1 Å². The highest BCUT2D eigenvalue weighted by Crippen LogP contribution is 2.32. The van der Waals surface area contributed by atoms with Crippen LogP contribution in [0.3, 0.4) is 0 Å². The highest BCUT2D eigenvalue weighted by atomic mass is 32.1. The normalized spacial score (nSPS) is 15.8. The van der Waals surface area contributed by atoms with E-state index in [2.05, 4.69) is 80.8 Å². The van der Waals surface area contributed by atoms with Crippen molar-refractivity contribution in [3.63, 3.8) is 0 Å². The third-order valence-electron chi connectivity index (χ3n) is 5.74. The Morgan fingerprint density at radius 2 is 1.87 bits per heavy atom. The second-order valence-electron chi connectivity index (χ2n) is 9.38. The average molecular weight is 422 g/mol. The van der Waals surface area contributed by atoms with Crippen molar-refractivity contribution >= 4 is 22.2 Å². The van der Waals surface area contributed by atoms with Crippen LogP contribution in [0.1, 0.15) is 63.0 Å². The summed E-state index contributed by atoms with van der Waals surface area (Å²) in [6.45, 7) is 15.1. The van der Waals surface area contributed by atoms with Gasteiger partial charge in [0.25, 0.3) is 0 Å². The molecule has 0 saturated heterocycles. The Morgan fingerprint density at radius 3 is 2.33 bits per heavy atom. The topological polar surface area (TPSA) is 37.3 Å². The number of rotatable bonds is 5. The minimum Gasteiger partial charge on any atom is -0.336 e. The van der Waals surface area contributed by atoms with E-state index in [0.29, 0.717) is 11.3 Å². The fourth-order valence-corrected chi connectivity index (χ4v) is 4.62. The second kappa shape index (κ2) is 9.74. The van der Waals surface area contributed by atoms with Gasteiger partial charge in [0.15, 0.2) is 5.13 Å². The number of aliphatic imine (C=N–C) groups is 1. The number of allylic oxidation sites excluding steroid dienone is 2. The maximum absolute atomic E-state index is 4.36. The van der Waals surface area contributed by atoms with Crippen LogP contribution in [0.15, 0.2) is 59.5 Å². The van der Waals surface area contributed by atoms with Crippen LogP contribution in [-0.2, 0) is 12.8 Å². The Bertz CT molecular complexity index is 918. The molecule has 3 nitrogen and oxygen atoms in total. The third kappa shape index (κ3) is 6.15. The molecule has 1 aromatic heterocycles. The van der Waals surface area contributed by atoms with Gasteiger partial charge in [0.05, 0.1) is 0 Å². The molecule has 0 fully saturated rings. The quantitative estimate of drug-likeness (QED) is 0.548. The van der Waals surface area contributed by atoms with Gasteiger partial charge in [0.2, 0.25) is 0 Å². The molecule has 0 saturated carbocycles. The zero-order valence-corrected chi connectivity index (χ0v) is 19.9. The maximum Gasteiger partial charge on any atom is 0.187 e. The Kier molecular flexibility index (Phi) is 7.30. The lowest BCUT2D eigenvalue weighted by Crippen LogP contribution is -2.09. The summed E-state index contributed by atoms with van der Waals surface area (Å²) in [6, 6.07) is 8.75. The number of thiazole rings is 1. The molecule has 0 spiro atoms. The summed E-state index contributed by atoms with van der Waals surface area (Å²) < 4.78 is 0. The second-order valence-corrected chi connectivity index (χ2v) is 10.6. The number of fused-ring (bicyclic) bond motifs is 1. The standard InChI is InChI=1S/C16H18N2S.C10H17N/c1-11(18-16-17-10-12(2)19-16)7-13-8-14-5-3-4-6-15(14)9-13;1-5-9-6-8(7-11-9)10(2,3)4/h3-6,10,13H,1,7-9H2,2H3,(H,17,18);7H,5-6H2,1-4H3. The van der Waals surface area contributed by atoms with E-state index in [9.17, 15) is 0 Å². The highest BCUT2D eigenvalue weighted by Gasteiger charge is 2.22. The van der Waals surface area contributed by atoms with E-state index in [0.717, 1.165) is 30.1 Å². The van der Waals surface area contributed by atoms with Gasteiger partial charge in [-0.2, -0.15) is 0 Å². The molecule has 1 N–H and O–H groups in total. The van der Waals surface area contributed by atoms with Crippen LogP contribution in [-0.4, -0.2) is 10.7 Å². The summed E-state index contributed by atoms with van der Waals surface area (Å²) in [5.41, 5.74) is 7.19. The number of benzene rings is 1. The fourth-order valence-electron chi connectivity index (χ4n) is 3.91. The molecule has 2 heterocycles. The van der Waals surface area contributed by atoms with E-state index in [-0.39, 0.29) is 0 Å². The third-order valence-corrected chi connectivity index (χ3v) is 6.57. The molecule has 1 aliphatic carbocycles. The van der Waals surface area contributed by atoms with E-state index in [1.54, 1.807) is 11.3 Å². The minimum absolute atomic E-state index is 0.306. The van der Waals surface area contributed by atoms with Crippen LogP contribution >= 0.6 is 11.3 Å². The first-order valence-corrected chi connectivity index (χ1v) is 11.7. The largest absolute Gasteiger partial charge is 0.336 e. The number of hydrogen-bond donors (Lipinski definition) is 1. The Hall–Kier alpha value is -2.20. The summed E-state index contributed by atoms with van der Waals surface area (Å²) in [7, 11) is 0. The maximum atomic E-state index is 4.36. The van der Waals surface area contributed by atoms with Gasteiger partial charge < -0.3 is 5.32 Å². The summed E-state index contributed by atoms with van der Waals surface area (Å²) in [4.78, 5) is 9.90. The molecule has 0 bridgehead atoms. The monoisotopic (exact) mass is 421 g/mol. The fraction of sp³-hybridized carbons (Fsp3) is 0.462. The van der Waals surface area contributed by atoms with Gasteiger partial charge in [-0.25, -0.2) is 4.98 Å². The van der Waals surface area contributed by atoms with Crippen LogP contribution in [0, 0.1) is 18.3 Å². The molecule has 2 aliphatic rings. The SMILES string of the molecule is C=C(CC1Cc2ccccc2C1)Nc1ncc(C)s1.CCC1=NC=C(C(C)(C)C)C1. The Morgan fingerprint density at radius 1 is 1.20 bits per heavy atom. The molecule has 4 heteroatoms. The number of nitrogens with one attached hydrogen (secondary N) is 1. The Balaban J connectivity index is 0.000000199. The number of aryl methyl sites for hydroxylation is 1. The van der Waals surface area contributed by atoms with Crippen molar-refractivity contribution in [2.24, 2.45) is 16.3 Å². The van der Waals surface area contributed by atoms with Crippen molar-refractivity contribution in [3.05, 3.63) is 70.5 Å². The predicted octanol–water partition coefficient (Wildman–Crippen LogP) is 7.35. The molecule has 160 valence electrons. The molecule has 0 unspecified atom stereocenters. The molecule has 30 heavy (non-hydrogen) atoms. The summed E-state index contributed by atoms with van der Waals surface area (Å²) in [5, 5.41) is 4.29. The van der Waals surface area contributed by atoms with E-state index < -0.39 is 0 Å². The lowest BCUT2D eigenvalue weighted by Gasteiger charge is -2.19. The molecule has 0 radical (unpaired) electrons. The molecular formula is C26H35N3S. The molecule has 2 aromatic rings. The van der Waals surface area contributed by atoms with Crippen LogP contribution in [0.2, 0.25) is 0 Å². The lowest BCUT2D eigenvalue weighted by molar-refractivity contribution is 0.498. The number of nitrogens with zero attached hydrogens (tertiary/aromatic N) is 2. The summed E-state index contributed by atoms with van der Waals surface area (Å²) in [6.07, 6.45) is 9.50. The van der Waals surface area contributed by atoms with E-state index in [4.69, 9.17) is 0 Å². The molecule has 0 atom stereocenters. The molecule has 1 aliphatic heterocycles. The molecule has 1 aromatic carbocycles. The number of anilines is 1. The zero-order valence-electron chi connectivity index (χ0n) is 19.1. The van der Waals surface area contributed by atoms with Gasteiger partial charge >= 0.3 is 0 Å². The minimum atomic E-state index is 0.306. The average Bonchev–Trinajstić information content (AvgIpc) is 3.40. The van der Waals surface area contributed by atoms with E-state index >= 15 is 0 Å². The predicted molar refractivity (Wildman–Crippen MR) is 131 cm³/mol. The van der Waals surface area contributed by atoms with Crippen LogP contribution in [0.25, 0.3) is 0 Å². The first-order valence-electron chi connectivity index (χ1n) is 10.9. The van der Waals surface area contributed by atoms with Crippen molar-refractivity contribution in [1.29, 1.82) is 0 Å². The van der Waals surface area contributed by atoms with E-state index in [1.165, 1.54) is 40.1 Å². The first kappa shape index (κ1) is 22.5. The van der Waals surface area contributed by atoms with Crippen molar-refractivity contribution in [2.75, 3.05) is 5.32 Å². The number of hydrogen-bond acceptors (Lipinski definition) is 4.